The van der Waals surface area contributed by atoms with Gasteiger partial charge in [-0.05, 0) is 62.4 Å². The number of amides is 1. The first-order chi connectivity index (χ1) is 13.6. The highest BCUT2D eigenvalue weighted by Gasteiger charge is 2.10. The Labute approximate surface area is 170 Å². The van der Waals surface area contributed by atoms with Gasteiger partial charge in [0.1, 0.15) is 5.69 Å². The van der Waals surface area contributed by atoms with Crippen molar-refractivity contribution in [2.24, 2.45) is 0 Å². The third kappa shape index (κ3) is 4.81. The molecule has 0 fully saturated rings. The van der Waals surface area contributed by atoms with E-state index in [4.69, 9.17) is 11.6 Å². The standard InChI is InChI=1S/C22H23ClN4O/c1-3-27(4-2)18-11-9-16(10-12-18)25-17-13-14-24-21(15-17)22(28)26-20-8-6-5-7-19(20)23/h5-15H,3-4H2,1-2H3,(H,24,25)(H,26,28). The van der Waals surface area contributed by atoms with Crippen molar-refractivity contribution in [3.05, 3.63) is 77.6 Å². The van der Waals surface area contributed by atoms with Gasteiger partial charge in [0, 0.05) is 36.3 Å². The summed E-state index contributed by atoms with van der Waals surface area (Å²) in [6.45, 7) is 6.22. The summed E-state index contributed by atoms with van der Waals surface area (Å²) in [7, 11) is 0. The minimum atomic E-state index is -0.311. The molecule has 0 aliphatic heterocycles. The van der Waals surface area contributed by atoms with Crippen LogP contribution < -0.4 is 15.5 Å². The van der Waals surface area contributed by atoms with Gasteiger partial charge in [-0.3, -0.25) is 9.78 Å². The molecule has 1 heterocycles. The Hall–Kier alpha value is -3.05. The number of anilines is 4. The van der Waals surface area contributed by atoms with Gasteiger partial charge in [-0.2, -0.15) is 0 Å². The summed E-state index contributed by atoms with van der Waals surface area (Å²) in [6, 6.07) is 18.9. The second-order valence-electron chi connectivity index (χ2n) is 6.21. The van der Waals surface area contributed by atoms with E-state index in [1.807, 2.05) is 30.3 Å². The van der Waals surface area contributed by atoms with Crippen LogP contribution in [0.25, 0.3) is 0 Å². The topological polar surface area (TPSA) is 57.3 Å². The molecule has 3 aromatic rings. The molecule has 2 N–H and O–H groups in total. The van der Waals surface area contributed by atoms with Crippen LogP contribution in [0.2, 0.25) is 5.02 Å². The summed E-state index contributed by atoms with van der Waals surface area (Å²) in [4.78, 5) is 18.9. The van der Waals surface area contributed by atoms with Crippen LogP contribution in [0.1, 0.15) is 24.3 Å². The molecular formula is C22H23ClN4O. The molecule has 0 spiro atoms. The minimum Gasteiger partial charge on any atom is -0.372 e. The fourth-order valence-electron chi connectivity index (χ4n) is 2.89. The molecule has 3 rings (SSSR count). The second kappa shape index (κ2) is 9.24. The number of benzene rings is 2. The summed E-state index contributed by atoms with van der Waals surface area (Å²) in [5.74, 6) is -0.311. The molecular weight excluding hydrogens is 372 g/mol. The molecule has 6 heteroatoms. The zero-order valence-electron chi connectivity index (χ0n) is 15.9. The summed E-state index contributed by atoms with van der Waals surface area (Å²) in [6.07, 6.45) is 1.61. The van der Waals surface area contributed by atoms with E-state index in [9.17, 15) is 4.79 Å². The van der Waals surface area contributed by atoms with Crippen LogP contribution >= 0.6 is 11.6 Å². The third-order valence-electron chi connectivity index (χ3n) is 4.40. The molecule has 0 saturated heterocycles. The molecule has 0 atom stereocenters. The Bertz CT molecular complexity index is 939. The number of carbonyl (C=O) groups is 1. The predicted molar refractivity (Wildman–Crippen MR) is 117 cm³/mol. The zero-order chi connectivity index (χ0) is 19.9. The summed E-state index contributed by atoms with van der Waals surface area (Å²) >= 11 is 6.10. The molecule has 2 aromatic carbocycles. The van der Waals surface area contributed by atoms with E-state index >= 15 is 0 Å². The van der Waals surface area contributed by atoms with Crippen LogP contribution in [-0.2, 0) is 0 Å². The molecule has 0 saturated carbocycles. The minimum absolute atomic E-state index is 0.310. The molecule has 144 valence electrons. The number of rotatable bonds is 7. The summed E-state index contributed by atoms with van der Waals surface area (Å²) < 4.78 is 0. The van der Waals surface area contributed by atoms with Crippen molar-refractivity contribution < 1.29 is 4.79 Å². The van der Waals surface area contributed by atoms with Crippen LogP contribution in [0.15, 0.2) is 66.9 Å². The van der Waals surface area contributed by atoms with Gasteiger partial charge in [0.15, 0.2) is 0 Å². The maximum atomic E-state index is 12.5. The number of para-hydroxylation sites is 1. The van der Waals surface area contributed by atoms with Crippen molar-refractivity contribution in [2.45, 2.75) is 13.8 Å². The highest BCUT2D eigenvalue weighted by atomic mass is 35.5. The highest BCUT2D eigenvalue weighted by molar-refractivity contribution is 6.33. The first-order valence-electron chi connectivity index (χ1n) is 9.24. The van der Waals surface area contributed by atoms with Gasteiger partial charge in [-0.25, -0.2) is 0 Å². The highest BCUT2D eigenvalue weighted by Crippen LogP contribution is 2.23. The Kier molecular flexibility index (Phi) is 6.50. The largest absolute Gasteiger partial charge is 0.372 e. The van der Waals surface area contributed by atoms with Gasteiger partial charge in [0.2, 0.25) is 0 Å². The molecule has 0 unspecified atom stereocenters. The van der Waals surface area contributed by atoms with Gasteiger partial charge < -0.3 is 15.5 Å². The Morgan fingerprint density at radius 1 is 1.00 bits per heavy atom. The lowest BCUT2D eigenvalue weighted by atomic mass is 10.2. The van der Waals surface area contributed by atoms with Crippen molar-refractivity contribution in [3.8, 4) is 0 Å². The molecule has 0 bridgehead atoms. The molecule has 1 amide bonds. The first-order valence-corrected chi connectivity index (χ1v) is 9.62. The Morgan fingerprint density at radius 2 is 1.71 bits per heavy atom. The monoisotopic (exact) mass is 394 g/mol. The van der Waals surface area contributed by atoms with Crippen molar-refractivity contribution >= 4 is 40.3 Å². The molecule has 0 aliphatic carbocycles. The van der Waals surface area contributed by atoms with E-state index in [2.05, 4.69) is 46.5 Å². The Balaban J connectivity index is 1.71. The number of hydrogen-bond acceptors (Lipinski definition) is 4. The smallest absolute Gasteiger partial charge is 0.274 e. The molecule has 5 nitrogen and oxygen atoms in total. The van der Waals surface area contributed by atoms with Gasteiger partial charge >= 0.3 is 0 Å². The van der Waals surface area contributed by atoms with Gasteiger partial charge in [-0.1, -0.05) is 23.7 Å². The van der Waals surface area contributed by atoms with Crippen LogP contribution in [0.3, 0.4) is 0 Å². The lowest BCUT2D eigenvalue weighted by Crippen LogP contribution is -2.21. The number of nitrogens with one attached hydrogen (secondary N) is 2. The fraction of sp³-hybridized carbons (Fsp3) is 0.182. The van der Waals surface area contributed by atoms with Gasteiger partial charge in [0.25, 0.3) is 5.91 Å². The lowest BCUT2D eigenvalue weighted by Gasteiger charge is -2.21. The normalized spacial score (nSPS) is 10.4. The molecule has 0 radical (unpaired) electrons. The van der Waals surface area contributed by atoms with Gasteiger partial charge in [0.05, 0.1) is 10.7 Å². The SMILES string of the molecule is CCN(CC)c1ccc(Nc2ccnc(C(=O)Nc3ccccc3Cl)c2)cc1. The second-order valence-corrected chi connectivity index (χ2v) is 6.62. The molecule has 1 aromatic heterocycles. The van der Waals surface area contributed by atoms with Crippen LogP contribution in [0.5, 0.6) is 0 Å². The molecule has 28 heavy (non-hydrogen) atoms. The van der Waals surface area contributed by atoms with Crippen molar-refractivity contribution in [3.63, 3.8) is 0 Å². The summed E-state index contributed by atoms with van der Waals surface area (Å²) in [5, 5.41) is 6.58. The van der Waals surface area contributed by atoms with Crippen molar-refractivity contribution in [1.82, 2.24) is 4.98 Å². The van der Waals surface area contributed by atoms with E-state index in [-0.39, 0.29) is 5.91 Å². The van der Waals surface area contributed by atoms with Crippen molar-refractivity contribution in [1.29, 1.82) is 0 Å². The van der Waals surface area contributed by atoms with Crippen LogP contribution in [0, 0.1) is 0 Å². The predicted octanol–water partition coefficient (Wildman–Crippen LogP) is 5.58. The summed E-state index contributed by atoms with van der Waals surface area (Å²) in [5.41, 5.74) is 3.78. The van der Waals surface area contributed by atoms with E-state index in [1.165, 1.54) is 5.69 Å². The van der Waals surface area contributed by atoms with Crippen molar-refractivity contribution in [2.75, 3.05) is 28.6 Å². The van der Waals surface area contributed by atoms with Crippen LogP contribution in [0.4, 0.5) is 22.7 Å². The number of carbonyl (C=O) groups excluding carboxylic acids is 1. The molecule has 0 aliphatic rings. The maximum Gasteiger partial charge on any atom is 0.274 e. The number of nitrogens with zero attached hydrogens (tertiary/aromatic N) is 2. The average Bonchev–Trinajstić information content (AvgIpc) is 2.72. The van der Waals surface area contributed by atoms with Crippen LogP contribution in [-0.4, -0.2) is 24.0 Å². The van der Waals surface area contributed by atoms with E-state index in [1.54, 1.807) is 24.4 Å². The number of hydrogen-bond donors (Lipinski definition) is 2. The van der Waals surface area contributed by atoms with E-state index < -0.39 is 0 Å². The third-order valence-corrected chi connectivity index (χ3v) is 4.73. The number of pyridine rings is 1. The lowest BCUT2D eigenvalue weighted by molar-refractivity contribution is 0.102. The first kappa shape index (κ1) is 19.7. The maximum absolute atomic E-state index is 12.5. The quantitative estimate of drug-likeness (QED) is 0.549. The number of aromatic nitrogens is 1. The van der Waals surface area contributed by atoms with E-state index in [0.717, 1.165) is 24.5 Å². The average molecular weight is 395 g/mol. The zero-order valence-corrected chi connectivity index (χ0v) is 16.7. The Morgan fingerprint density at radius 3 is 2.39 bits per heavy atom. The van der Waals surface area contributed by atoms with E-state index in [0.29, 0.717) is 16.4 Å². The van der Waals surface area contributed by atoms with Gasteiger partial charge in [-0.15, -0.1) is 0 Å². The number of halogens is 1. The fourth-order valence-corrected chi connectivity index (χ4v) is 3.08.